The molecule has 0 spiro atoms. The van der Waals surface area contributed by atoms with Crippen molar-refractivity contribution in [2.24, 2.45) is 0 Å². The molecule has 0 aliphatic rings. The van der Waals surface area contributed by atoms with Crippen molar-refractivity contribution in [3.05, 3.63) is 47.0 Å². The number of nitrogens with zero attached hydrogens (tertiary/aromatic N) is 4. The number of hydrogen-bond acceptors (Lipinski definition) is 12. The molecule has 4 rings (SSSR count). The van der Waals surface area contributed by atoms with E-state index in [0.717, 1.165) is 0 Å². The molecular formula is C22H20N6O8. The number of amides is 2. The van der Waals surface area contributed by atoms with E-state index < -0.39 is 37.0 Å². The molecule has 0 aromatic carbocycles. The summed E-state index contributed by atoms with van der Waals surface area (Å²) >= 11 is 0. The van der Waals surface area contributed by atoms with Crippen LogP contribution in [-0.4, -0.2) is 70.3 Å². The Hall–Kier alpha value is -4.88. The average molecular weight is 496 g/mol. The number of carbonyl (C=O) groups excluding carboxylic acids is 4. The van der Waals surface area contributed by atoms with Crippen LogP contribution in [0.2, 0.25) is 0 Å². The van der Waals surface area contributed by atoms with Gasteiger partial charge in [-0.1, -0.05) is 10.3 Å². The number of fused-ring (bicyclic) bond motifs is 2. The van der Waals surface area contributed by atoms with Crippen LogP contribution in [0, 0.1) is 13.8 Å². The second-order valence-corrected chi connectivity index (χ2v) is 7.54. The molecule has 0 unspecified atom stereocenters. The SMILES string of the molecule is Cc1noc2ncc(C(=O)OCC(=O)NCCNC(=O)COC(=O)c3cnc4onc(C)c4c3)cc12. The minimum absolute atomic E-state index is 0.0663. The Morgan fingerprint density at radius 2 is 1.17 bits per heavy atom. The molecule has 14 heteroatoms. The van der Waals surface area contributed by atoms with Gasteiger partial charge in [-0.25, -0.2) is 19.6 Å². The molecule has 0 saturated carbocycles. The molecule has 4 heterocycles. The van der Waals surface area contributed by atoms with Gasteiger partial charge < -0.3 is 29.2 Å². The summed E-state index contributed by atoms with van der Waals surface area (Å²) in [5, 5.41) is 13.6. The van der Waals surface area contributed by atoms with Crippen molar-refractivity contribution >= 4 is 46.0 Å². The molecule has 2 amide bonds. The number of aromatic nitrogens is 4. The molecule has 186 valence electrons. The first-order valence-corrected chi connectivity index (χ1v) is 10.6. The van der Waals surface area contributed by atoms with Crippen molar-refractivity contribution < 1.29 is 37.7 Å². The summed E-state index contributed by atoms with van der Waals surface area (Å²) in [5.41, 5.74) is 2.02. The lowest BCUT2D eigenvalue weighted by Crippen LogP contribution is -2.38. The lowest BCUT2D eigenvalue weighted by atomic mass is 10.2. The summed E-state index contributed by atoms with van der Waals surface area (Å²) in [4.78, 5) is 56.0. The third kappa shape index (κ3) is 5.60. The first-order chi connectivity index (χ1) is 17.3. The number of hydrogen-bond donors (Lipinski definition) is 2. The van der Waals surface area contributed by atoms with Crippen LogP contribution in [0.4, 0.5) is 0 Å². The standard InChI is InChI=1S/C22H20N6O8/c1-11-15-5-13(7-25-19(15)35-27-11)21(31)33-9-17(29)23-3-4-24-18(30)10-34-22(32)14-6-16-12(2)28-36-20(16)26-8-14/h5-8H,3-4,9-10H2,1-2H3,(H,23,29)(H,24,30). The number of esters is 2. The molecule has 36 heavy (non-hydrogen) atoms. The molecule has 4 aromatic heterocycles. The van der Waals surface area contributed by atoms with E-state index in [1.807, 2.05) is 0 Å². The summed E-state index contributed by atoms with van der Waals surface area (Å²) in [5.74, 6) is -2.59. The Labute approximate surface area is 202 Å². The van der Waals surface area contributed by atoms with Crippen LogP contribution in [0.15, 0.2) is 33.6 Å². The first-order valence-electron chi connectivity index (χ1n) is 10.6. The highest BCUT2D eigenvalue weighted by Crippen LogP contribution is 2.18. The van der Waals surface area contributed by atoms with Crippen molar-refractivity contribution in [2.45, 2.75) is 13.8 Å². The van der Waals surface area contributed by atoms with Crippen LogP contribution in [-0.2, 0) is 19.1 Å². The molecule has 0 fully saturated rings. The Morgan fingerprint density at radius 1 is 0.750 bits per heavy atom. The van der Waals surface area contributed by atoms with Crippen LogP contribution in [0.25, 0.3) is 22.2 Å². The molecule has 0 aliphatic heterocycles. The van der Waals surface area contributed by atoms with Crippen LogP contribution in [0.1, 0.15) is 32.1 Å². The fraction of sp³-hybridized carbons (Fsp3) is 0.273. The largest absolute Gasteiger partial charge is 0.452 e. The van der Waals surface area contributed by atoms with Gasteiger partial charge in [-0.2, -0.15) is 0 Å². The topological polar surface area (TPSA) is 189 Å². The molecule has 0 saturated heterocycles. The van der Waals surface area contributed by atoms with E-state index in [1.165, 1.54) is 24.5 Å². The number of rotatable bonds is 9. The fourth-order valence-corrected chi connectivity index (χ4v) is 3.05. The summed E-state index contributed by atoms with van der Waals surface area (Å²) in [7, 11) is 0. The van der Waals surface area contributed by atoms with E-state index >= 15 is 0 Å². The first kappa shape index (κ1) is 24.3. The molecule has 0 radical (unpaired) electrons. The van der Waals surface area contributed by atoms with Gasteiger partial charge in [0.1, 0.15) is 0 Å². The average Bonchev–Trinajstić information content (AvgIpc) is 3.45. The zero-order chi connectivity index (χ0) is 25.7. The molecule has 2 N–H and O–H groups in total. The van der Waals surface area contributed by atoms with E-state index in [9.17, 15) is 19.2 Å². The minimum Gasteiger partial charge on any atom is -0.452 e. The number of carbonyl (C=O) groups is 4. The van der Waals surface area contributed by atoms with Gasteiger partial charge in [0, 0.05) is 25.5 Å². The third-order valence-corrected chi connectivity index (χ3v) is 4.93. The third-order valence-electron chi connectivity index (χ3n) is 4.93. The van der Waals surface area contributed by atoms with E-state index in [1.54, 1.807) is 13.8 Å². The van der Waals surface area contributed by atoms with Gasteiger partial charge in [0.15, 0.2) is 13.2 Å². The summed E-state index contributed by atoms with van der Waals surface area (Å²) in [6, 6.07) is 3.03. The maximum absolute atomic E-state index is 12.1. The molecule has 4 aromatic rings. The van der Waals surface area contributed by atoms with Gasteiger partial charge in [0.2, 0.25) is 0 Å². The second kappa shape index (κ2) is 10.6. The van der Waals surface area contributed by atoms with Crippen molar-refractivity contribution in [3.63, 3.8) is 0 Å². The Kier molecular flexibility index (Phi) is 7.13. The smallest absolute Gasteiger partial charge is 0.340 e. The van der Waals surface area contributed by atoms with Crippen LogP contribution >= 0.6 is 0 Å². The number of ether oxygens (including phenoxy) is 2. The maximum Gasteiger partial charge on any atom is 0.340 e. The Bertz CT molecular complexity index is 1350. The lowest BCUT2D eigenvalue weighted by molar-refractivity contribution is -0.125. The predicted molar refractivity (Wildman–Crippen MR) is 120 cm³/mol. The molecule has 0 atom stereocenters. The molecule has 0 bridgehead atoms. The predicted octanol–water partition coefficient (Wildman–Crippen LogP) is 0.622. The van der Waals surface area contributed by atoms with Crippen LogP contribution < -0.4 is 10.6 Å². The molecule has 0 aliphatic carbocycles. The number of nitrogens with one attached hydrogen (secondary N) is 2. The fourth-order valence-electron chi connectivity index (χ4n) is 3.05. The summed E-state index contributed by atoms with van der Waals surface area (Å²) < 4.78 is 19.9. The van der Waals surface area contributed by atoms with Gasteiger partial charge in [0.05, 0.1) is 33.3 Å². The molecule has 14 nitrogen and oxygen atoms in total. The quantitative estimate of drug-likeness (QED) is 0.243. The summed E-state index contributed by atoms with van der Waals surface area (Å²) in [6.07, 6.45) is 2.53. The monoisotopic (exact) mass is 496 g/mol. The maximum atomic E-state index is 12.1. The van der Waals surface area contributed by atoms with Crippen molar-refractivity contribution in [3.8, 4) is 0 Å². The number of aryl methyl sites for hydroxylation is 2. The molecular weight excluding hydrogens is 476 g/mol. The van der Waals surface area contributed by atoms with E-state index in [2.05, 4.69) is 30.9 Å². The van der Waals surface area contributed by atoms with E-state index in [4.69, 9.17) is 18.5 Å². The Balaban J connectivity index is 1.12. The summed E-state index contributed by atoms with van der Waals surface area (Å²) in [6.45, 7) is 2.51. The van der Waals surface area contributed by atoms with Crippen LogP contribution in [0.3, 0.4) is 0 Å². The normalized spacial score (nSPS) is 10.8. The van der Waals surface area contributed by atoms with Gasteiger partial charge in [-0.05, 0) is 26.0 Å². The van der Waals surface area contributed by atoms with Crippen molar-refractivity contribution in [2.75, 3.05) is 26.3 Å². The Morgan fingerprint density at radius 3 is 1.58 bits per heavy atom. The highest BCUT2D eigenvalue weighted by atomic mass is 16.5. The minimum atomic E-state index is -0.733. The lowest BCUT2D eigenvalue weighted by Gasteiger charge is -2.08. The van der Waals surface area contributed by atoms with Gasteiger partial charge in [-0.3, -0.25) is 9.59 Å². The zero-order valence-electron chi connectivity index (χ0n) is 19.2. The van der Waals surface area contributed by atoms with Crippen molar-refractivity contribution in [1.82, 2.24) is 30.9 Å². The van der Waals surface area contributed by atoms with E-state index in [-0.39, 0.29) is 24.2 Å². The zero-order valence-corrected chi connectivity index (χ0v) is 19.2. The van der Waals surface area contributed by atoms with Gasteiger partial charge in [0.25, 0.3) is 23.2 Å². The van der Waals surface area contributed by atoms with E-state index in [0.29, 0.717) is 33.6 Å². The highest BCUT2D eigenvalue weighted by Gasteiger charge is 2.16. The van der Waals surface area contributed by atoms with Crippen molar-refractivity contribution in [1.29, 1.82) is 0 Å². The van der Waals surface area contributed by atoms with Crippen LogP contribution in [0.5, 0.6) is 0 Å². The highest BCUT2D eigenvalue weighted by molar-refractivity contribution is 5.95. The van der Waals surface area contributed by atoms with Gasteiger partial charge in [-0.15, -0.1) is 0 Å². The second-order valence-electron chi connectivity index (χ2n) is 7.54. The number of pyridine rings is 2. The van der Waals surface area contributed by atoms with Gasteiger partial charge >= 0.3 is 11.9 Å².